The third-order valence-electron chi connectivity index (χ3n) is 2.97. The van der Waals surface area contributed by atoms with Crippen LogP contribution >= 0.6 is 0 Å². The molecule has 0 amide bonds. The summed E-state index contributed by atoms with van der Waals surface area (Å²) in [6, 6.07) is 10.8. The molecule has 0 aliphatic heterocycles. The monoisotopic (exact) mass is 221 g/mol. The molecule has 1 aromatic carbocycles. The fourth-order valence-corrected chi connectivity index (χ4v) is 1.93. The molecule has 0 saturated heterocycles. The minimum absolute atomic E-state index is 0.214. The zero-order valence-corrected chi connectivity index (χ0v) is 9.43. The molecule has 88 valence electrons. The van der Waals surface area contributed by atoms with Crippen LogP contribution in [-0.2, 0) is 11.3 Å². The van der Waals surface area contributed by atoms with E-state index in [1.54, 1.807) is 0 Å². The van der Waals surface area contributed by atoms with E-state index < -0.39 is 0 Å². The molecule has 1 fully saturated rings. The van der Waals surface area contributed by atoms with Gasteiger partial charge in [0.1, 0.15) is 0 Å². The van der Waals surface area contributed by atoms with Gasteiger partial charge in [0.15, 0.2) is 0 Å². The van der Waals surface area contributed by atoms with Gasteiger partial charge in [-0.05, 0) is 18.4 Å². The molecule has 0 unspecified atom stereocenters. The van der Waals surface area contributed by atoms with Gasteiger partial charge in [0, 0.05) is 12.6 Å². The highest BCUT2D eigenvalue weighted by atomic mass is 16.5. The van der Waals surface area contributed by atoms with Crippen molar-refractivity contribution >= 4 is 0 Å². The summed E-state index contributed by atoms with van der Waals surface area (Å²) in [6.07, 6.45) is 2.51. The van der Waals surface area contributed by atoms with Crippen molar-refractivity contribution < 1.29 is 9.84 Å². The lowest BCUT2D eigenvalue weighted by Gasteiger charge is -2.35. The molecule has 0 atom stereocenters. The summed E-state index contributed by atoms with van der Waals surface area (Å²) in [6.45, 7) is 1.61. The van der Waals surface area contributed by atoms with E-state index in [1.807, 2.05) is 18.2 Å². The number of rotatable bonds is 6. The Morgan fingerprint density at radius 2 is 2.00 bits per heavy atom. The second-order valence-electron chi connectivity index (χ2n) is 4.26. The van der Waals surface area contributed by atoms with E-state index in [1.165, 1.54) is 5.56 Å². The van der Waals surface area contributed by atoms with E-state index in [-0.39, 0.29) is 6.61 Å². The first-order valence-electron chi connectivity index (χ1n) is 5.88. The van der Waals surface area contributed by atoms with Crippen LogP contribution < -0.4 is 5.32 Å². The van der Waals surface area contributed by atoms with Crippen LogP contribution in [0.15, 0.2) is 30.3 Å². The average Bonchev–Trinajstić information content (AvgIpc) is 2.28. The summed E-state index contributed by atoms with van der Waals surface area (Å²) < 4.78 is 5.77. The van der Waals surface area contributed by atoms with E-state index in [0.717, 1.165) is 12.8 Å². The number of ether oxygens (including phenoxy) is 1. The lowest BCUT2D eigenvalue weighted by Crippen LogP contribution is -2.46. The summed E-state index contributed by atoms with van der Waals surface area (Å²) in [7, 11) is 0. The molecular formula is C13H19NO2. The van der Waals surface area contributed by atoms with Crippen molar-refractivity contribution in [2.75, 3.05) is 13.2 Å². The second-order valence-corrected chi connectivity index (χ2v) is 4.26. The number of hydrogen-bond donors (Lipinski definition) is 2. The Kier molecular flexibility index (Phi) is 4.34. The smallest absolute Gasteiger partial charge is 0.0720 e. The van der Waals surface area contributed by atoms with E-state index in [2.05, 4.69) is 17.4 Å². The predicted octanol–water partition coefficient (Wildman–Crippen LogP) is 1.32. The van der Waals surface area contributed by atoms with Crippen molar-refractivity contribution in [2.24, 2.45) is 0 Å². The number of aliphatic hydroxyl groups excluding tert-OH is 1. The Bertz CT molecular complexity index is 296. The molecule has 3 heteroatoms. The van der Waals surface area contributed by atoms with Gasteiger partial charge < -0.3 is 15.2 Å². The molecule has 2 N–H and O–H groups in total. The van der Waals surface area contributed by atoms with Gasteiger partial charge in [0.2, 0.25) is 0 Å². The first kappa shape index (κ1) is 11.6. The summed E-state index contributed by atoms with van der Waals surface area (Å²) in [5, 5.41) is 11.9. The van der Waals surface area contributed by atoms with Gasteiger partial charge in [0.05, 0.1) is 19.3 Å². The summed E-state index contributed by atoms with van der Waals surface area (Å²) >= 11 is 0. The average molecular weight is 221 g/mol. The van der Waals surface area contributed by atoms with Crippen molar-refractivity contribution in [3.63, 3.8) is 0 Å². The Morgan fingerprint density at radius 1 is 1.25 bits per heavy atom. The Morgan fingerprint density at radius 3 is 2.69 bits per heavy atom. The SMILES string of the molecule is OCCNC1CC(OCc2ccccc2)C1. The molecule has 1 aliphatic carbocycles. The van der Waals surface area contributed by atoms with Crippen LogP contribution in [0.4, 0.5) is 0 Å². The van der Waals surface area contributed by atoms with Crippen LogP contribution in [0.1, 0.15) is 18.4 Å². The van der Waals surface area contributed by atoms with Crippen molar-refractivity contribution in [3.05, 3.63) is 35.9 Å². The van der Waals surface area contributed by atoms with E-state index in [4.69, 9.17) is 9.84 Å². The van der Waals surface area contributed by atoms with Crippen LogP contribution in [0.3, 0.4) is 0 Å². The molecular weight excluding hydrogens is 202 g/mol. The molecule has 0 bridgehead atoms. The van der Waals surface area contributed by atoms with Gasteiger partial charge in [-0.1, -0.05) is 30.3 Å². The highest BCUT2D eigenvalue weighted by Crippen LogP contribution is 2.24. The Hall–Kier alpha value is -0.900. The zero-order valence-electron chi connectivity index (χ0n) is 9.43. The largest absolute Gasteiger partial charge is 0.395 e. The first-order chi connectivity index (χ1) is 7.88. The van der Waals surface area contributed by atoms with Crippen LogP contribution in [0.25, 0.3) is 0 Å². The summed E-state index contributed by atoms with van der Waals surface area (Å²) in [5.74, 6) is 0. The fourth-order valence-electron chi connectivity index (χ4n) is 1.93. The summed E-state index contributed by atoms with van der Waals surface area (Å²) in [5.41, 5.74) is 1.23. The number of nitrogens with one attached hydrogen (secondary N) is 1. The van der Waals surface area contributed by atoms with E-state index in [0.29, 0.717) is 25.3 Å². The van der Waals surface area contributed by atoms with Crippen LogP contribution in [0.2, 0.25) is 0 Å². The van der Waals surface area contributed by atoms with Crippen LogP contribution in [0, 0.1) is 0 Å². The standard InChI is InChI=1S/C13H19NO2/c15-7-6-14-12-8-13(9-12)16-10-11-4-2-1-3-5-11/h1-5,12-15H,6-10H2. The lowest BCUT2D eigenvalue weighted by atomic mass is 9.89. The molecule has 0 heterocycles. The normalized spacial score (nSPS) is 24.1. The minimum atomic E-state index is 0.214. The molecule has 3 nitrogen and oxygen atoms in total. The predicted molar refractivity (Wildman–Crippen MR) is 63.1 cm³/mol. The van der Waals surface area contributed by atoms with Crippen molar-refractivity contribution in [1.82, 2.24) is 5.32 Å². The number of aliphatic hydroxyl groups is 1. The van der Waals surface area contributed by atoms with E-state index in [9.17, 15) is 0 Å². The number of benzene rings is 1. The Labute approximate surface area is 96.4 Å². The molecule has 16 heavy (non-hydrogen) atoms. The lowest BCUT2D eigenvalue weighted by molar-refractivity contribution is -0.0270. The highest BCUT2D eigenvalue weighted by molar-refractivity contribution is 5.13. The third-order valence-corrected chi connectivity index (χ3v) is 2.97. The first-order valence-corrected chi connectivity index (χ1v) is 5.88. The van der Waals surface area contributed by atoms with Crippen LogP contribution in [-0.4, -0.2) is 30.4 Å². The van der Waals surface area contributed by atoms with Crippen molar-refractivity contribution in [2.45, 2.75) is 31.6 Å². The third kappa shape index (κ3) is 3.30. The van der Waals surface area contributed by atoms with Crippen molar-refractivity contribution in [1.29, 1.82) is 0 Å². The van der Waals surface area contributed by atoms with E-state index >= 15 is 0 Å². The van der Waals surface area contributed by atoms with Crippen molar-refractivity contribution in [3.8, 4) is 0 Å². The quantitative estimate of drug-likeness (QED) is 0.761. The van der Waals surface area contributed by atoms with Gasteiger partial charge in [-0.25, -0.2) is 0 Å². The fraction of sp³-hybridized carbons (Fsp3) is 0.538. The van der Waals surface area contributed by atoms with Gasteiger partial charge >= 0.3 is 0 Å². The maximum Gasteiger partial charge on any atom is 0.0720 e. The molecule has 1 saturated carbocycles. The molecule has 1 aromatic rings. The molecule has 0 radical (unpaired) electrons. The van der Waals surface area contributed by atoms with Gasteiger partial charge in [-0.3, -0.25) is 0 Å². The number of hydrogen-bond acceptors (Lipinski definition) is 3. The molecule has 0 spiro atoms. The van der Waals surface area contributed by atoms with Crippen LogP contribution in [0.5, 0.6) is 0 Å². The molecule has 2 rings (SSSR count). The maximum atomic E-state index is 8.66. The van der Waals surface area contributed by atoms with Gasteiger partial charge in [-0.2, -0.15) is 0 Å². The maximum absolute atomic E-state index is 8.66. The highest BCUT2D eigenvalue weighted by Gasteiger charge is 2.28. The molecule has 0 aromatic heterocycles. The van der Waals surface area contributed by atoms with Gasteiger partial charge in [-0.15, -0.1) is 0 Å². The summed E-state index contributed by atoms with van der Waals surface area (Å²) in [4.78, 5) is 0. The zero-order chi connectivity index (χ0) is 11.2. The van der Waals surface area contributed by atoms with Gasteiger partial charge in [0.25, 0.3) is 0 Å². The minimum Gasteiger partial charge on any atom is -0.395 e. The topological polar surface area (TPSA) is 41.5 Å². The second kappa shape index (κ2) is 5.99. The Balaban J connectivity index is 1.60. The molecule has 1 aliphatic rings.